The molecule has 0 saturated carbocycles. The summed E-state index contributed by atoms with van der Waals surface area (Å²) in [5.41, 5.74) is 0.413. The number of aryl methyl sites for hydroxylation is 2. The third-order valence-corrected chi connectivity index (χ3v) is 4.98. The molecule has 0 atom stereocenters. The molecule has 0 amide bonds. The molecule has 0 aliphatic heterocycles. The minimum atomic E-state index is -0.593. The van der Waals surface area contributed by atoms with Crippen LogP contribution in [0.3, 0.4) is 0 Å². The van der Waals surface area contributed by atoms with Crippen LogP contribution in [0.5, 0.6) is 0 Å². The second-order valence-electron chi connectivity index (χ2n) is 6.99. The number of carbonyl (C=O) groups is 1. The van der Waals surface area contributed by atoms with Crippen LogP contribution in [0.15, 0.2) is 46.0 Å². The van der Waals surface area contributed by atoms with Crippen LogP contribution in [0.4, 0.5) is 0 Å². The van der Waals surface area contributed by atoms with E-state index in [2.05, 4.69) is 15.0 Å². The highest BCUT2D eigenvalue weighted by Crippen LogP contribution is 2.14. The maximum atomic E-state index is 12.5. The first-order valence-corrected chi connectivity index (χ1v) is 9.71. The summed E-state index contributed by atoms with van der Waals surface area (Å²) in [5, 5.41) is 0.925. The molecule has 0 saturated heterocycles. The molecule has 0 spiro atoms. The lowest BCUT2D eigenvalue weighted by Gasteiger charge is -2.05. The van der Waals surface area contributed by atoms with Gasteiger partial charge in [-0.1, -0.05) is 37.6 Å². The van der Waals surface area contributed by atoms with Crippen molar-refractivity contribution >= 4 is 28.0 Å². The Balaban J connectivity index is 1.62. The molecule has 0 aliphatic rings. The van der Waals surface area contributed by atoms with Gasteiger partial charge in [0, 0.05) is 19.0 Å². The number of esters is 1. The van der Waals surface area contributed by atoms with E-state index in [1.807, 2.05) is 31.2 Å². The summed E-state index contributed by atoms with van der Waals surface area (Å²) in [7, 11) is 1.65. The SMILES string of the molecule is CCCCn1c(=O)[nH]c(=O)c2c1nc(COC(=O)c1ccc3ccccc3n1)n2C. The lowest BCUT2D eigenvalue weighted by Crippen LogP contribution is -2.31. The lowest BCUT2D eigenvalue weighted by atomic mass is 10.2. The smallest absolute Gasteiger partial charge is 0.357 e. The van der Waals surface area contributed by atoms with Crippen LogP contribution in [0, 0.1) is 0 Å². The number of carbonyl (C=O) groups excluding carboxylic acids is 1. The second kappa shape index (κ2) is 7.94. The summed E-state index contributed by atoms with van der Waals surface area (Å²) in [6, 6.07) is 10.9. The molecule has 154 valence electrons. The van der Waals surface area contributed by atoms with E-state index >= 15 is 0 Å². The number of imidazole rings is 1. The lowest BCUT2D eigenvalue weighted by molar-refractivity contribution is 0.0453. The van der Waals surface area contributed by atoms with Crippen molar-refractivity contribution in [2.24, 2.45) is 7.05 Å². The highest BCUT2D eigenvalue weighted by Gasteiger charge is 2.18. The fraction of sp³-hybridized carbons (Fsp3) is 0.286. The number of hydrogen-bond donors (Lipinski definition) is 1. The molecule has 0 bridgehead atoms. The van der Waals surface area contributed by atoms with Crippen molar-refractivity contribution in [3.05, 3.63) is 68.8 Å². The maximum absolute atomic E-state index is 12.5. The molecular formula is C21H21N5O4. The average Bonchev–Trinajstić information content (AvgIpc) is 3.08. The van der Waals surface area contributed by atoms with E-state index in [4.69, 9.17) is 4.74 Å². The summed E-state index contributed by atoms with van der Waals surface area (Å²) in [6.45, 7) is 2.30. The zero-order valence-corrected chi connectivity index (χ0v) is 16.7. The quantitative estimate of drug-likeness (QED) is 0.490. The maximum Gasteiger partial charge on any atom is 0.357 e. The number of para-hydroxylation sites is 1. The Morgan fingerprint density at radius 2 is 1.93 bits per heavy atom. The van der Waals surface area contributed by atoms with Gasteiger partial charge in [-0.05, 0) is 18.6 Å². The van der Waals surface area contributed by atoms with Crippen molar-refractivity contribution < 1.29 is 9.53 Å². The van der Waals surface area contributed by atoms with Gasteiger partial charge in [0.05, 0.1) is 5.52 Å². The van der Waals surface area contributed by atoms with Gasteiger partial charge in [-0.2, -0.15) is 0 Å². The largest absolute Gasteiger partial charge is 0.453 e. The second-order valence-corrected chi connectivity index (χ2v) is 6.99. The Labute approximate surface area is 171 Å². The minimum Gasteiger partial charge on any atom is -0.453 e. The van der Waals surface area contributed by atoms with Crippen LogP contribution in [-0.2, 0) is 24.9 Å². The number of H-pyrrole nitrogens is 1. The number of nitrogens with one attached hydrogen (secondary N) is 1. The third kappa shape index (κ3) is 3.49. The number of benzene rings is 1. The number of aromatic nitrogens is 5. The van der Waals surface area contributed by atoms with Crippen molar-refractivity contribution in [3.63, 3.8) is 0 Å². The fourth-order valence-corrected chi connectivity index (χ4v) is 3.33. The topological polar surface area (TPSA) is 112 Å². The fourth-order valence-electron chi connectivity index (χ4n) is 3.33. The summed E-state index contributed by atoms with van der Waals surface area (Å²) in [4.78, 5) is 48.0. The number of hydrogen-bond acceptors (Lipinski definition) is 6. The zero-order chi connectivity index (χ0) is 21.3. The zero-order valence-electron chi connectivity index (χ0n) is 16.7. The standard InChI is InChI=1S/C21H21N5O4/c1-3-4-11-26-18-17(19(27)24-21(26)29)25(2)16(23-18)12-30-20(28)15-10-9-13-7-5-6-8-14(13)22-15/h5-10H,3-4,11-12H2,1-2H3,(H,24,27,29). The number of nitrogens with zero attached hydrogens (tertiary/aromatic N) is 4. The van der Waals surface area contributed by atoms with Crippen molar-refractivity contribution in [2.45, 2.75) is 32.9 Å². The molecule has 30 heavy (non-hydrogen) atoms. The first-order valence-electron chi connectivity index (χ1n) is 9.71. The molecule has 3 heterocycles. The van der Waals surface area contributed by atoms with Crippen LogP contribution in [0.2, 0.25) is 0 Å². The number of unbranched alkanes of at least 4 members (excludes halogenated alkanes) is 1. The van der Waals surface area contributed by atoms with Crippen LogP contribution < -0.4 is 11.2 Å². The molecule has 0 radical (unpaired) electrons. The van der Waals surface area contributed by atoms with E-state index in [1.165, 1.54) is 9.13 Å². The number of rotatable bonds is 6. The Morgan fingerprint density at radius 1 is 1.13 bits per heavy atom. The van der Waals surface area contributed by atoms with E-state index in [9.17, 15) is 14.4 Å². The average molecular weight is 407 g/mol. The van der Waals surface area contributed by atoms with Crippen molar-refractivity contribution in [2.75, 3.05) is 0 Å². The molecule has 4 rings (SSSR count). The number of aromatic amines is 1. The van der Waals surface area contributed by atoms with Gasteiger partial charge >= 0.3 is 11.7 Å². The number of pyridine rings is 1. The molecule has 0 fully saturated rings. The van der Waals surface area contributed by atoms with Crippen molar-refractivity contribution in [1.82, 2.24) is 24.1 Å². The first-order chi connectivity index (χ1) is 14.5. The first kappa shape index (κ1) is 19.6. The van der Waals surface area contributed by atoms with Gasteiger partial charge in [-0.3, -0.25) is 14.3 Å². The van der Waals surface area contributed by atoms with Gasteiger partial charge in [0.1, 0.15) is 18.1 Å². The van der Waals surface area contributed by atoms with Crippen LogP contribution >= 0.6 is 0 Å². The number of fused-ring (bicyclic) bond motifs is 2. The van der Waals surface area contributed by atoms with Crippen LogP contribution in [-0.4, -0.2) is 30.1 Å². The normalized spacial score (nSPS) is 11.3. The molecule has 0 aliphatic carbocycles. The Hall–Kier alpha value is -3.75. The van der Waals surface area contributed by atoms with Gasteiger partial charge in [-0.25, -0.2) is 19.6 Å². The van der Waals surface area contributed by atoms with E-state index in [0.717, 1.165) is 18.2 Å². The molecule has 1 aromatic carbocycles. The highest BCUT2D eigenvalue weighted by molar-refractivity contribution is 5.91. The van der Waals surface area contributed by atoms with E-state index in [1.54, 1.807) is 19.2 Å². The monoisotopic (exact) mass is 407 g/mol. The molecule has 4 aromatic rings. The summed E-state index contributed by atoms with van der Waals surface area (Å²) in [5.74, 6) is -0.231. The van der Waals surface area contributed by atoms with E-state index in [0.29, 0.717) is 17.9 Å². The molecule has 0 unspecified atom stereocenters. The minimum absolute atomic E-state index is 0.153. The van der Waals surface area contributed by atoms with E-state index < -0.39 is 17.2 Å². The number of ether oxygens (including phenoxy) is 1. The van der Waals surface area contributed by atoms with Gasteiger partial charge < -0.3 is 9.30 Å². The summed E-state index contributed by atoms with van der Waals surface area (Å²) < 4.78 is 8.36. The summed E-state index contributed by atoms with van der Waals surface area (Å²) >= 11 is 0. The van der Waals surface area contributed by atoms with Gasteiger partial charge in [-0.15, -0.1) is 0 Å². The van der Waals surface area contributed by atoms with Gasteiger partial charge in [0.15, 0.2) is 11.2 Å². The van der Waals surface area contributed by atoms with Gasteiger partial charge in [0.2, 0.25) is 0 Å². The van der Waals surface area contributed by atoms with Gasteiger partial charge in [0.25, 0.3) is 5.56 Å². The predicted molar refractivity (Wildman–Crippen MR) is 111 cm³/mol. The highest BCUT2D eigenvalue weighted by atomic mass is 16.5. The Bertz CT molecular complexity index is 1370. The molecule has 9 heteroatoms. The van der Waals surface area contributed by atoms with Crippen molar-refractivity contribution in [1.29, 1.82) is 0 Å². The van der Waals surface area contributed by atoms with E-state index in [-0.39, 0.29) is 23.5 Å². The third-order valence-electron chi connectivity index (χ3n) is 4.98. The molecular weight excluding hydrogens is 386 g/mol. The Morgan fingerprint density at radius 3 is 2.73 bits per heavy atom. The van der Waals surface area contributed by atoms with Crippen molar-refractivity contribution in [3.8, 4) is 0 Å². The molecule has 9 nitrogen and oxygen atoms in total. The molecule has 3 aromatic heterocycles. The predicted octanol–water partition coefficient (Wildman–Crippen LogP) is 2.13. The van der Waals surface area contributed by atoms with Crippen LogP contribution in [0.1, 0.15) is 36.1 Å². The molecule has 1 N–H and O–H groups in total. The Kier molecular flexibility index (Phi) is 5.18. The van der Waals surface area contributed by atoms with Crippen LogP contribution in [0.25, 0.3) is 22.1 Å². The summed E-state index contributed by atoms with van der Waals surface area (Å²) in [6.07, 6.45) is 1.67.